The number of carbonyl (C=O) groups is 1. The van der Waals surface area contributed by atoms with E-state index in [9.17, 15) is 20.1 Å². The fraction of sp³-hybridized carbons (Fsp3) is 0.571. The Morgan fingerprint density at radius 2 is 2.11 bits per heavy atom. The van der Waals surface area contributed by atoms with E-state index in [1.54, 1.807) is 17.4 Å². The molecule has 1 aliphatic rings. The minimum atomic E-state index is -0.793. The number of aliphatic carboxylic acids is 1. The van der Waals surface area contributed by atoms with E-state index < -0.39 is 24.3 Å². The molecule has 0 spiro atoms. The average molecular weight is 534 g/mol. The number of carboxylic acids is 1. The Balaban J connectivity index is 0.00000392. The molecule has 1 fully saturated rings. The normalized spacial score (nSPS) is 26.0. The molecule has 5 nitrogen and oxygen atoms in total. The van der Waals surface area contributed by atoms with E-state index in [1.165, 1.54) is 4.88 Å². The van der Waals surface area contributed by atoms with E-state index in [0.717, 1.165) is 6.42 Å². The zero-order valence-corrected chi connectivity index (χ0v) is 20.5. The van der Waals surface area contributed by atoms with Crippen LogP contribution in [0.3, 0.4) is 0 Å². The van der Waals surface area contributed by atoms with E-state index in [-0.39, 0.29) is 59.5 Å². The topological polar surface area (TPSA) is 98.0 Å². The van der Waals surface area contributed by atoms with Crippen LogP contribution in [0.5, 0.6) is 0 Å². The molecule has 28 heavy (non-hydrogen) atoms. The molecule has 7 heteroatoms. The molecular weight excluding hydrogens is 505 g/mol. The second-order valence-electron chi connectivity index (χ2n) is 7.12. The van der Waals surface area contributed by atoms with Gasteiger partial charge in [0.25, 0.3) is 0 Å². The van der Waals surface area contributed by atoms with Gasteiger partial charge in [0.15, 0.2) is 0 Å². The molecule has 1 aromatic heterocycles. The molecule has 4 N–H and O–H groups in total. The smallest absolute Gasteiger partial charge is 0.303 e. The van der Waals surface area contributed by atoms with Crippen molar-refractivity contribution in [3.8, 4) is 0 Å². The summed E-state index contributed by atoms with van der Waals surface area (Å²) in [4.78, 5) is 11.7. The Kier molecular flexibility index (Phi) is 13.0. The first kappa shape index (κ1) is 25.9. The number of carboxylic acid groups (broad SMARTS) is 1. The molecule has 1 aliphatic carbocycles. The van der Waals surface area contributed by atoms with E-state index in [0.29, 0.717) is 32.1 Å². The van der Waals surface area contributed by atoms with Crippen LogP contribution in [0.2, 0.25) is 0 Å². The Morgan fingerprint density at radius 3 is 2.79 bits per heavy atom. The number of hydrogen-bond donors (Lipinski definition) is 4. The first-order chi connectivity index (χ1) is 13.0. The van der Waals surface area contributed by atoms with Crippen LogP contribution in [-0.4, -0.2) is 44.7 Å². The summed E-state index contributed by atoms with van der Waals surface area (Å²) in [5.74, 6) is -1.07. The first-order valence-electron chi connectivity index (χ1n) is 9.51. The van der Waals surface area contributed by atoms with Gasteiger partial charge in [-0.05, 0) is 31.6 Å². The van der Waals surface area contributed by atoms with E-state index in [2.05, 4.69) is 5.38 Å². The monoisotopic (exact) mass is 534 g/mol. The van der Waals surface area contributed by atoms with E-state index in [1.807, 2.05) is 30.4 Å². The maximum Gasteiger partial charge on any atom is 0.303 e. The Labute approximate surface area is 204 Å². The van der Waals surface area contributed by atoms with Gasteiger partial charge in [0.05, 0.1) is 18.3 Å². The minimum Gasteiger partial charge on any atom is -0.481 e. The van der Waals surface area contributed by atoms with Gasteiger partial charge in [-0.25, -0.2) is 6.07 Å². The van der Waals surface area contributed by atoms with Gasteiger partial charge in [0, 0.05) is 60.1 Å². The van der Waals surface area contributed by atoms with Crippen LogP contribution in [0, 0.1) is 58.5 Å². The van der Waals surface area contributed by atoms with Crippen LogP contribution < -0.4 is 0 Å². The van der Waals surface area contributed by atoms with Crippen molar-refractivity contribution in [2.45, 2.75) is 63.3 Å². The van der Waals surface area contributed by atoms with Crippen LogP contribution in [-0.2, 0) is 11.2 Å². The van der Waals surface area contributed by atoms with Crippen molar-refractivity contribution in [3.63, 3.8) is 0 Å². The van der Waals surface area contributed by atoms with Gasteiger partial charge >= 0.3 is 5.97 Å². The number of thiophene rings is 1. The predicted molar refractivity (Wildman–Crippen MR) is 105 cm³/mol. The van der Waals surface area contributed by atoms with Crippen molar-refractivity contribution in [1.82, 2.24) is 0 Å². The van der Waals surface area contributed by atoms with Crippen molar-refractivity contribution in [3.05, 3.63) is 46.7 Å². The SMILES string of the molecule is O=C(O)CCC/C=C\C[C@H]1C(O)CC(O)[C@@H]1/C=C/C(O)CCc1cc[c-]s1.[Pr]. The summed E-state index contributed by atoms with van der Waals surface area (Å²) in [7, 11) is 0. The van der Waals surface area contributed by atoms with Crippen LogP contribution in [0.4, 0.5) is 0 Å². The Morgan fingerprint density at radius 1 is 1.32 bits per heavy atom. The Hall–Kier alpha value is -0.106. The van der Waals surface area contributed by atoms with Crippen molar-refractivity contribution >= 4 is 17.3 Å². The van der Waals surface area contributed by atoms with Gasteiger partial charge in [-0.15, -0.1) is 10.3 Å². The molecule has 1 radical (unpaired) electrons. The van der Waals surface area contributed by atoms with Crippen LogP contribution in [0.1, 0.15) is 43.4 Å². The standard InChI is InChI=1S/C21H29O5S.Pr/c22-15(9-11-16-6-5-13-27-16)10-12-18-17(19(23)14-20(18)24)7-3-1-2-4-8-21(25)26;/h1,3,5-6,10,12,15,17-20,22-24H,2,4,7-9,11,14H2,(H,25,26);/q-1;/b3-1-,12-10+;/t15?,17-,18-,19?,20?;/m1./s1. The van der Waals surface area contributed by atoms with E-state index >= 15 is 0 Å². The average Bonchev–Trinajstić information content (AvgIpc) is 3.22. The van der Waals surface area contributed by atoms with Gasteiger partial charge in [-0.1, -0.05) is 30.7 Å². The fourth-order valence-electron chi connectivity index (χ4n) is 3.50. The molecule has 0 aliphatic heterocycles. The third-order valence-electron chi connectivity index (χ3n) is 5.02. The minimum absolute atomic E-state index is 0. The molecule has 1 saturated carbocycles. The molecule has 1 aromatic rings. The fourth-order valence-corrected chi connectivity index (χ4v) is 4.14. The third kappa shape index (κ3) is 9.14. The van der Waals surface area contributed by atoms with E-state index in [4.69, 9.17) is 5.11 Å². The summed E-state index contributed by atoms with van der Waals surface area (Å²) in [6, 6.07) is 3.87. The van der Waals surface area contributed by atoms with Gasteiger partial charge in [0.1, 0.15) is 0 Å². The van der Waals surface area contributed by atoms with Crippen molar-refractivity contribution in [2.75, 3.05) is 0 Å². The number of allylic oxidation sites excluding steroid dienone is 2. The second-order valence-corrected chi connectivity index (χ2v) is 8.08. The first-order valence-corrected chi connectivity index (χ1v) is 10.3. The molecule has 1 heterocycles. The van der Waals surface area contributed by atoms with Gasteiger partial charge in [0.2, 0.25) is 0 Å². The number of aryl methyl sites for hydroxylation is 1. The molecule has 0 saturated heterocycles. The summed E-state index contributed by atoms with van der Waals surface area (Å²) in [5, 5.41) is 42.3. The quantitative estimate of drug-likeness (QED) is 0.199. The van der Waals surface area contributed by atoms with Gasteiger partial charge < -0.3 is 31.8 Å². The second kappa shape index (κ2) is 14.0. The number of aliphatic hydroxyl groups is 3. The summed E-state index contributed by atoms with van der Waals surface area (Å²) < 4.78 is 0. The maximum absolute atomic E-state index is 10.5. The van der Waals surface area contributed by atoms with Crippen LogP contribution >= 0.6 is 11.3 Å². The third-order valence-corrected chi connectivity index (χ3v) is 5.88. The number of hydrogen-bond acceptors (Lipinski definition) is 5. The summed E-state index contributed by atoms with van der Waals surface area (Å²) in [6.07, 6.45) is 9.52. The van der Waals surface area contributed by atoms with Crippen molar-refractivity contribution < 1.29 is 66.5 Å². The maximum atomic E-state index is 10.5. The zero-order valence-electron chi connectivity index (χ0n) is 16.0. The van der Waals surface area contributed by atoms with Gasteiger partial charge in [-0.2, -0.15) is 6.07 Å². The van der Waals surface area contributed by atoms with Gasteiger partial charge in [-0.3, -0.25) is 4.79 Å². The van der Waals surface area contributed by atoms with Crippen LogP contribution in [0.15, 0.2) is 36.4 Å². The number of aliphatic hydroxyl groups excluding tert-OH is 3. The zero-order chi connectivity index (χ0) is 19.6. The molecule has 0 bridgehead atoms. The van der Waals surface area contributed by atoms with Crippen LogP contribution in [0.25, 0.3) is 0 Å². The molecule has 5 atom stereocenters. The number of unbranched alkanes of at least 4 members (excludes halogenated alkanes) is 1. The molecule has 0 amide bonds. The summed E-state index contributed by atoms with van der Waals surface area (Å²) >= 11 is 1.55. The summed E-state index contributed by atoms with van der Waals surface area (Å²) in [5.41, 5.74) is 0. The number of rotatable bonds is 11. The summed E-state index contributed by atoms with van der Waals surface area (Å²) in [6.45, 7) is 0. The molecule has 0 aromatic carbocycles. The molecular formula is C21H29O5PrS-. The molecule has 153 valence electrons. The molecule has 2 rings (SSSR count). The van der Waals surface area contributed by atoms with Crippen molar-refractivity contribution in [1.29, 1.82) is 0 Å². The van der Waals surface area contributed by atoms with Crippen molar-refractivity contribution in [2.24, 2.45) is 11.8 Å². The largest absolute Gasteiger partial charge is 0.481 e. The Bertz CT molecular complexity index is 616. The molecule has 3 unspecified atom stereocenters. The predicted octanol–water partition coefficient (Wildman–Crippen LogP) is 2.96.